The van der Waals surface area contributed by atoms with E-state index in [1.54, 1.807) is 24.3 Å². The molecule has 0 bridgehead atoms. The summed E-state index contributed by atoms with van der Waals surface area (Å²) in [6, 6.07) is 11.9. The van der Waals surface area contributed by atoms with E-state index in [9.17, 15) is 22.8 Å². The summed E-state index contributed by atoms with van der Waals surface area (Å²) in [6.45, 7) is 4.68. The molecule has 3 N–H and O–H groups in total. The quantitative estimate of drug-likeness (QED) is 0.587. The minimum Gasteiger partial charge on any atom is -0.337 e. The van der Waals surface area contributed by atoms with Crippen molar-refractivity contribution in [2.24, 2.45) is 5.92 Å². The van der Waals surface area contributed by atoms with E-state index in [0.717, 1.165) is 16.0 Å². The number of sulfonamides is 1. The van der Waals surface area contributed by atoms with Gasteiger partial charge < -0.3 is 10.6 Å². The number of hydrogen-bond acceptors (Lipinski definition) is 5. The van der Waals surface area contributed by atoms with E-state index in [1.165, 1.54) is 12.1 Å². The fourth-order valence-electron chi connectivity index (χ4n) is 3.18. The molecule has 32 heavy (non-hydrogen) atoms. The highest BCUT2D eigenvalue weighted by Gasteiger charge is 2.31. The highest BCUT2D eigenvalue weighted by Crippen LogP contribution is 2.22. The van der Waals surface area contributed by atoms with Gasteiger partial charge >= 0.3 is 12.1 Å². The second-order valence-corrected chi connectivity index (χ2v) is 9.57. The molecule has 0 saturated carbocycles. The third-order valence-corrected chi connectivity index (χ3v) is 6.23. The zero-order chi connectivity index (χ0) is 23.3. The Morgan fingerprint density at radius 3 is 2.38 bits per heavy atom. The SMILES string of the molecule is CC(C)CNC(=O)NS(=O)(=O)c1ccc(CCNC(=O)N2Cc3ccccc3C2=O)cc1. The molecule has 3 rings (SSSR count). The first-order chi connectivity index (χ1) is 15.2. The van der Waals surface area contributed by atoms with Gasteiger partial charge in [0.15, 0.2) is 0 Å². The number of carbonyl (C=O) groups is 3. The van der Waals surface area contributed by atoms with Crippen molar-refractivity contribution in [1.82, 2.24) is 20.3 Å². The van der Waals surface area contributed by atoms with Gasteiger partial charge in [0.2, 0.25) is 0 Å². The Kier molecular flexibility index (Phi) is 7.14. The van der Waals surface area contributed by atoms with E-state index >= 15 is 0 Å². The average Bonchev–Trinajstić information content (AvgIpc) is 3.09. The van der Waals surface area contributed by atoms with Gasteiger partial charge in [0.25, 0.3) is 15.9 Å². The number of nitrogens with zero attached hydrogens (tertiary/aromatic N) is 1. The van der Waals surface area contributed by atoms with Crippen LogP contribution in [0.2, 0.25) is 0 Å². The highest BCUT2D eigenvalue weighted by molar-refractivity contribution is 7.90. The van der Waals surface area contributed by atoms with Crippen molar-refractivity contribution in [2.45, 2.75) is 31.7 Å². The van der Waals surface area contributed by atoms with E-state index in [1.807, 2.05) is 30.7 Å². The lowest BCUT2D eigenvalue weighted by Gasteiger charge is -2.15. The van der Waals surface area contributed by atoms with E-state index in [2.05, 4.69) is 10.6 Å². The second-order valence-electron chi connectivity index (χ2n) is 7.88. The Labute approximate surface area is 187 Å². The van der Waals surface area contributed by atoms with Crippen LogP contribution in [0.15, 0.2) is 53.4 Å². The Hall–Kier alpha value is -3.40. The van der Waals surface area contributed by atoms with Crippen LogP contribution >= 0.6 is 0 Å². The fraction of sp³-hybridized carbons (Fsp3) is 0.318. The Bertz CT molecular complexity index is 1110. The number of rotatable bonds is 7. The number of amides is 5. The smallest absolute Gasteiger partial charge is 0.328 e. The zero-order valence-electron chi connectivity index (χ0n) is 17.9. The van der Waals surface area contributed by atoms with E-state index in [4.69, 9.17) is 0 Å². The lowest BCUT2D eigenvalue weighted by molar-refractivity contribution is 0.0821. The third-order valence-electron chi connectivity index (χ3n) is 4.89. The molecule has 10 heteroatoms. The van der Waals surface area contributed by atoms with Crippen molar-refractivity contribution in [3.63, 3.8) is 0 Å². The topological polar surface area (TPSA) is 125 Å². The van der Waals surface area contributed by atoms with E-state index < -0.39 is 22.1 Å². The van der Waals surface area contributed by atoms with Crippen molar-refractivity contribution >= 4 is 28.0 Å². The minimum absolute atomic E-state index is 0.0367. The standard InChI is InChI=1S/C22H26N4O5S/c1-15(2)13-24-21(28)25-32(30,31)18-9-7-16(8-10-18)11-12-23-22(29)26-14-17-5-3-4-6-19(17)20(26)27/h3-10,15H,11-14H2,1-2H3,(H,23,29)(H2,24,25,28). The Morgan fingerprint density at radius 1 is 1.03 bits per heavy atom. The maximum atomic E-state index is 12.4. The number of hydrogen-bond donors (Lipinski definition) is 3. The second kappa shape index (κ2) is 9.82. The first kappa shape index (κ1) is 23.3. The maximum absolute atomic E-state index is 12.4. The Morgan fingerprint density at radius 2 is 1.72 bits per heavy atom. The molecule has 0 unspecified atom stereocenters. The molecule has 9 nitrogen and oxygen atoms in total. The van der Waals surface area contributed by atoms with Gasteiger partial charge in [-0.3, -0.25) is 9.69 Å². The van der Waals surface area contributed by atoms with Crippen molar-refractivity contribution in [2.75, 3.05) is 13.1 Å². The average molecular weight is 459 g/mol. The lowest BCUT2D eigenvalue weighted by atomic mass is 10.1. The van der Waals surface area contributed by atoms with Gasteiger partial charge in [-0.25, -0.2) is 22.7 Å². The highest BCUT2D eigenvalue weighted by atomic mass is 32.2. The van der Waals surface area contributed by atoms with Gasteiger partial charge in [0.05, 0.1) is 11.4 Å². The molecule has 0 spiro atoms. The van der Waals surface area contributed by atoms with Crippen LogP contribution in [0.3, 0.4) is 0 Å². The Balaban J connectivity index is 1.49. The van der Waals surface area contributed by atoms with Gasteiger partial charge in [-0.05, 0) is 41.7 Å². The molecular formula is C22H26N4O5S. The molecule has 0 saturated heterocycles. The van der Waals surface area contributed by atoms with Gasteiger partial charge in [-0.1, -0.05) is 44.2 Å². The van der Waals surface area contributed by atoms with E-state index in [0.29, 0.717) is 18.5 Å². The predicted molar refractivity (Wildman–Crippen MR) is 118 cm³/mol. The molecular weight excluding hydrogens is 432 g/mol. The maximum Gasteiger partial charge on any atom is 0.328 e. The van der Waals surface area contributed by atoms with Gasteiger partial charge in [-0.15, -0.1) is 0 Å². The first-order valence-corrected chi connectivity index (χ1v) is 11.7. The molecule has 5 amide bonds. The van der Waals surface area contributed by atoms with Crippen LogP contribution in [0.1, 0.15) is 35.3 Å². The van der Waals surface area contributed by atoms with Gasteiger partial charge in [0, 0.05) is 18.7 Å². The summed E-state index contributed by atoms with van der Waals surface area (Å²) >= 11 is 0. The lowest BCUT2D eigenvalue weighted by Crippen LogP contribution is -2.41. The van der Waals surface area contributed by atoms with Crippen LogP contribution in [0, 0.1) is 5.92 Å². The normalized spacial score (nSPS) is 13.1. The van der Waals surface area contributed by atoms with E-state index in [-0.39, 0.29) is 29.8 Å². The van der Waals surface area contributed by atoms with Crippen molar-refractivity contribution in [3.05, 3.63) is 65.2 Å². The van der Waals surface area contributed by atoms with Crippen LogP contribution in [0.5, 0.6) is 0 Å². The number of imide groups is 1. The summed E-state index contributed by atoms with van der Waals surface area (Å²) in [6.07, 6.45) is 0.448. The third kappa shape index (κ3) is 5.64. The molecule has 0 aliphatic carbocycles. The summed E-state index contributed by atoms with van der Waals surface area (Å²) in [7, 11) is -3.98. The summed E-state index contributed by atoms with van der Waals surface area (Å²) in [5, 5.41) is 5.21. The molecule has 0 aromatic heterocycles. The van der Waals surface area contributed by atoms with Crippen molar-refractivity contribution in [3.8, 4) is 0 Å². The molecule has 170 valence electrons. The number of nitrogens with one attached hydrogen (secondary N) is 3. The summed E-state index contributed by atoms with van der Waals surface area (Å²) in [5.41, 5.74) is 2.14. The predicted octanol–water partition coefficient (Wildman–Crippen LogP) is 2.24. The first-order valence-electron chi connectivity index (χ1n) is 10.2. The van der Waals surface area contributed by atoms with Crippen LogP contribution in [-0.2, 0) is 23.0 Å². The molecule has 1 heterocycles. The summed E-state index contributed by atoms with van der Waals surface area (Å²) in [5.74, 6) is -0.125. The molecule has 2 aromatic rings. The summed E-state index contributed by atoms with van der Waals surface area (Å²) in [4.78, 5) is 37.6. The van der Waals surface area contributed by atoms with Crippen LogP contribution in [0.4, 0.5) is 9.59 Å². The van der Waals surface area contributed by atoms with Crippen LogP contribution in [0.25, 0.3) is 0 Å². The van der Waals surface area contributed by atoms with Crippen molar-refractivity contribution < 1.29 is 22.8 Å². The largest absolute Gasteiger partial charge is 0.337 e. The fourth-order valence-corrected chi connectivity index (χ4v) is 4.11. The summed E-state index contributed by atoms with van der Waals surface area (Å²) < 4.78 is 26.6. The number of fused-ring (bicyclic) bond motifs is 1. The molecule has 2 aromatic carbocycles. The zero-order valence-corrected chi connectivity index (χ0v) is 18.7. The monoisotopic (exact) mass is 458 g/mol. The minimum atomic E-state index is -3.98. The molecule has 0 fully saturated rings. The van der Waals surface area contributed by atoms with Gasteiger partial charge in [0.1, 0.15) is 0 Å². The molecule has 0 radical (unpaired) electrons. The molecule has 1 aliphatic rings. The van der Waals surface area contributed by atoms with Crippen molar-refractivity contribution in [1.29, 1.82) is 0 Å². The molecule has 0 atom stereocenters. The molecule has 1 aliphatic heterocycles. The number of carbonyl (C=O) groups excluding carboxylic acids is 3. The van der Waals surface area contributed by atoms with Crippen LogP contribution < -0.4 is 15.4 Å². The number of urea groups is 2. The van der Waals surface area contributed by atoms with Gasteiger partial charge in [-0.2, -0.15) is 0 Å². The number of benzene rings is 2. The van der Waals surface area contributed by atoms with Crippen LogP contribution in [-0.4, -0.2) is 44.4 Å².